The summed E-state index contributed by atoms with van der Waals surface area (Å²) in [5.74, 6) is 0.865. The fourth-order valence-electron chi connectivity index (χ4n) is 0.522. The van der Waals surface area contributed by atoms with Crippen molar-refractivity contribution in [2.45, 2.75) is 13.3 Å². The Hall–Kier alpha value is 0.470. The average Bonchev–Trinajstić information content (AvgIpc) is 1.85. The van der Waals surface area contributed by atoms with Crippen molar-refractivity contribution in [3.8, 4) is 0 Å². The maximum atomic E-state index is 4.11. The monoisotopic (exact) mass is 361 g/mol. The molecule has 10 heavy (non-hydrogen) atoms. The topological polar surface area (TPSA) is 38.7 Å². The summed E-state index contributed by atoms with van der Waals surface area (Å²) in [6, 6.07) is 0. The molecule has 0 fully saturated rings. The molecule has 1 rings (SSSR count). The number of aromatic nitrogens is 3. The third kappa shape index (κ3) is 2.26. The van der Waals surface area contributed by atoms with Crippen molar-refractivity contribution in [1.29, 1.82) is 0 Å². The number of nitrogens with zero attached hydrogens (tertiary/aromatic N) is 3. The van der Waals surface area contributed by atoms with Gasteiger partial charge in [-0.05, 0) is 0 Å². The molecule has 1 heterocycles. The molecular formula is C5H5I2N3. The predicted octanol–water partition coefficient (Wildman–Crippen LogP) is 1.64. The molecule has 0 aliphatic carbocycles. The lowest BCUT2D eigenvalue weighted by atomic mass is 10.5. The molecule has 5 heteroatoms. The maximum absolute atomic E-state index is 4.11. The van der Waals surface area contributed by atoms with Crippen molar-refractivity contribution >= 4 is 45.2 Å². The second-order valence-electron chi connectivity index (χ2n) is 1.64. The first-order valence-corrected chi connectivity index (χ1v) is 4.94. The van der Waals surface area contributed by atoms with Gasteiger partial charge in [-0.2, -0.15) is 4.98 Å². The van der Waals surface area contributed by atoms with Crippen LogP contribution in [0.3, 0.4) is 0 Å². The van der Waals surface area contributed by atoms with Crippen LogP contribution in [0.15, 0.2) is 0 Å². The first-order chi connectivity index (χ1) is 4.72. The van der Waals surface area contributed by atoms with Gasteiger partial charge in [0.2, 0.25) is 0 Å². The Kier molecular flexibility index (Phi) is 3.21. The number of rotatable bonds is 1. The molecule has 3 nitrogen and oxygen atoms in total. The SMILES string of the molecule is CCc1nc(I)nc(I)n1. The highest BCUT2D eigenvalue weighted by atomic mass is 127. The van der Waals surface area contributed by atoms with E-state index in [9.17, 15) is 0 Å². The first-order valence-electron chi connectivity index (χ1n) is 2.78. The van der Waals surface area contributed by atoms with Crippen molar-refractivity contribution in [1.82, 2.24) is 15.0 Å². The Morgan fingerprint density at radius 3 is 2.00 bits per heavy atom. The summed E-state index contributed by atoms with van der Waals surface area (Å²) in [7, 11) is 0. The van der Waals surface area contributed by atoms with E-state index >= 15 is 0 Å². The quantitative estimate of drug-likeness (QED) is 0.715. The van der Waals surface area contributed by atoms with Crippen LogP contribution in [0.25, 0.3) is 0 Å². The Morgan fingerprint density at radius 1 is 1.10 bits per heavy atom. The molecule has 54 valence electrons. The van der Waals surface area contributed by atoms with E-state index in [-0.39, 0.29) is 0 Å². The highest BCUT2D eigenvalue weighted by Crippen LogP contribution is 2.01. The van der Waals surface area contributed by atoms with Crippen molar-refractivity contribution in [3.05, 3.63) is 13.5 Å². The molecule has 0 aromatic carbocycles. The van der Waals surface area contributed by atoms with Gasteiger partial charge < -0.3 is 0 Å². The van der Waals surface area contributed by atoms with Crippen LogP contribution in [-0.2, 0) is 6.42 Å². The molecule has 1 aromatic rings. The van der Waals surface area contributed by atoms with E-state index in [0.717, 1.165) is 19.9 Å². The van der Waals surface area contributed by atoms with E-state index in [2.05, 4.69) is 60.1 Å². The Bertz CT molecular complexity index is 218. The van der Waals surface area contributed by atoms with Crippen LogP contribution in [0.2, 0.25) is 0 Å². The molecule has 0 spiro atoms. The van der Waals surface area contributed by atoms with Gasteiger partial charge in [0, 0.05) is 51.6 Å². The summed E-state index contributed by atoms with van der Waals surface area (Å²) in [5, 5.41) is 0. The van der Waals surface area contributed by atoms with Crippen LogP contribution >= 0.6 is 45.2 Å². The highest BCUT2D eigenvalue weighted by molar-refractivity contribution is 14.1. The number of aryl methyl sites for hydroxylation is 1. The van der Waals surface area contributed by atoms with Crippen LogP contribution < -0.4 is 0 Å². The zero-order valence-corrected chi connectivity index (χ0v) is 9.62. The fraction of sp³-hybridized carbons (Fsp3) is 0.400. The maximum Gasteiger partial charge on any atom is 0.194 e. The van der Waals surface area contributed by atoms with Gasteiger partial charge in [0.1, 0.15) is 5.82 Å². The lowest BCUT2D eigenvalue weighted by Gasteiger charge is -1.95. The van der Waals surface area contributed by atoms with Gasteiger partial charge in [0.05, 0.1) is 0 Å². The zero-order chi connectivity index (χ0) is 7.56. The zero-order valence-electron chi connectivity index (χ0n) is 5.30. The van der Waals surface area contributed by atoms with Crippen molar-refractivity contribution in [2.24, 2.45) is 0 Å². The molecule has 0 N–H and O–H groups in total. The van der Waals surface area contributed by atoms with Crippen LogP contribution in [0, 0.1) is 7.66 Å². The largest absolute Gasteiger partial charge is 0.208 e. The van der Waals surface area contributed by atoms with Crippen LogP contribution in [0.5, 0.6) is 0 Å². The molecular weight excluding hydrogens is 356 g/mol. The molecule has 0 aliphatic rings. The van der Waals surface area contributed by atoms with Gasteiger partial charge in [0.25, 0.3) is 0 Å². The molecule has 0 aliphatic heterocycles. The minimum atomic E-state index is 0.772. The first kappa shape index (κ1) is 8.57. The smallest absolute Gasteiger partial charge is 0.194 e. The van der Waals surface area contributed by atoms with E-state index < -0.39 is 0 Å². The minimum absolute atomic E-state index is 0.772. The van der Waals surface area contributed by atoms with Gasteiger partial charge >= 0.3 is 0 Å². The third-order valence-electron chi connectivity index (χ3n) is 0.943. The minimum Gasteiger partial charge on any atom is -0.208 e. The average molecular weight is 361 g/mol. The summed E-state index contributed by atoms with van der Waals surface area (Å²) in [6.45, 7) is 2.03. The number of hydrogen-bond acceptors (Lipinski definition) is 3. The van der Waals surface area contributed by atoms with E-state index in [1.54, 1.807) is 0 Å². The van der Waals surface area contributed by atoms with E-state index in [0.29, 0.717) is 0 Å². The Labute approximate surface area is 86.3 Å². The van der Waals surface area contributed by atoms with Crippen molar-refractivity contribution in [3.63, 3.8) is 0 Å². The van der Waals surface area contributed by atoms with Gasteiger partial charge in [-0.15, -0.1) is 0 Å². The van der Waals surface area contributed by atoms with Crippen molar-refractivity contribution in [2.75, 3.05) is 0 Å². The fourth-order valence-corrected chi connectivity index (χ4v) is 2.00. The molecule has 1 aromatic heterocycles. The van der Waals surface area contributed by atoms with Gasteiger partial charge in [-0.3, -0.25) is 0 Å². The lowest BCUT2D eigenvalue weighted by molar-refractivity contribution is 0.853. The Balaban J connectivity index is 3.06. The number of halogens is 2. The van der Waals surface area contributed by atoms with E-state index in [4.69, 9.17) is 0 Å². The van der Waals surface area contributed by atoms with Crippen LogP contribution in [0.4, 0.5) is 0 Å². The molecule has 0 bridgehead atoms. The van der Waals surface area contributed by atoms with Gasteiger partial charge in [-0.1, -0.05) is 6.92 Å². The normalized spacial score (nSPS) is 9.90. The molecule has 0 saturated heterocycles. The predicted molar refractivity (Wildman–Crippen MR) is 54.6 cm³/mol. The van der Waals surface area contributed by atoms with Gasteiger partial charge in [-0.25, -0.2) is 9.97 Å². The van der Waals surface area contributed by atoms with Crippen LogP contribution in [0.1, 0.15) is 12.7 Å². The molecule has 0 unspecified atom stereocenters. The third-order valence-corrected chi connectivity index (χ3v) is 1.91. The standard InChI is InChI=1S/C5H5I2N3/c1-2-3-8-4(6)10-5(7)9-3/h2H2,1H3. The highest BCUT2D eigenvalue weighted by Gasteiger charge is 1.98. The summed E-state index contributed by atoms with van der Waals surface area (Å²) in [6.07, 6.45) is 0.870. The van der Waals surface area contributed by atoms with E-state index in [1.807, 2.05) is 6.92 Å². The lowest BCUT2D eigenvalue weighted by Crippen LogP contribution is -2.00. The second kappa shape index (κ2) is 3.74. The molecule has 0 radical (unpaired) electrons. The summed E-state index contributed by atoms with van der Waals surface area (Å²) in [5.41, 5.74) is 0. The molecule has 0 saturated carbocycles. The summed E-state index contributed by atoms with van der Waals surface area (Å²) in [4.78, 5) is 12.3. The summed E-state index contributed by atoms with van der Waals surface area (Å²) >= 11 is 4.17. The Morgan fingerprint density at radius 2 is 1.60 bits per heavy atom. The second-order valence-corrected chi connectivity index (χ2v) is 3.57. The van der Waals surface area contributed by atoms with E-state index in [1.165, 1.54) is 0 Å². The number of hydrogen-bond donors (Lipinski definition) is 0. The molecule has 0 atom stereocenters. The van der Waals surface area contributed by atoms with Crippen molar-refractivity contribution < 1.29 is 0 Å². The summed E-state index contributed by atoms with van der Waals surface area (Å²) < 4.78 is 1.54. The molecule has 0 amide bonds. The van der Waals surface area contributed by atoms with Gasteiger partial charge in [0.15, 0.2) is 7.66 Å². The van der Waals surface area contributed by atoms with Crippen LogP contribution in [-0.4, -0.2) is 15.0 Å².